The smallest absolute Gasteiger partial charge is 0.303 e. The van der Waals surface area contributed by atoms with Gasteiger partial charge in [0.1, 0.15) is 0 Å². The van der Waals surface area contributed by atoms with Crippen molar-refractivity contribution in [2.75, 3.05) is 5.32 Å². The SMILES string of the molecule is CCCCC(C)Nc1cccc(CCC(=O)O)c1. The number of aryl methyl sites for hydroxylation is 1. The van der Waals surface area contributed by atoms with Crippen molar-refractivity contribution < 1.29 is 9.90 Å². The first-order chi connectivity index (χ1) is 8.61. The van der Waals surface area contributed by atoms with Gasteiger partial charge in [-0.15, -0.1) is 0 Å². The highest BCUT2D eigenvalue weighted by molar-refractivity contribution is 5.67. The Bertz CT molecular complexity index is 377. The summed E-state index contributed by atoms with van der Waals surface area (Å²) in [5.74, 6) is -0.746. The summed E-state index contributed by atoms with van der Waals surface area (Å²) >= 11 is 0. The van der Waals surface area contributed by atoms with Gasteiger partial charge in [-0.1, -0.05) is 31.9 Å². The predicted molar refractivity (Wildman–Crippen MR) is 75.0 cm³/mol. The number of carboxylic acid groups (broad SMARTS) is 1. The van der Waals surface area contributed by atoms with E-state index in [1.807, 2.05) is 24.3 Å². The highest BCUT2D eigenvalue weighted by atomic mass is 16.4. The maximum atomic E-state index is 10.5. The highest BCUT2D eigenvalue weighted by Crippen LogP contribution is 2.15. The van der Waals surface area contributed by atoms with E-state index in [4.69, 9.17) is 5.11 Å². The molecule has 1 unspecified atom stereocenters. The van der Waals surface area contributed by atoms with Crippen molar-refractivity contribution >= 4 is 11.7 Å². The van der Waals surface area contributed by atoms with Crippen LogP contribution >= 0.6 is 0 Å². The van der Waals surface area contributed by atoms with E-state index in [1.165, 1.54) is 12.8 Å². The van der Waals surface area contributed by atoms with Crippen molar-refractivity contribution in [3.63, 3.8) is 0 Å². The standard InChI is InChI=1S/C15H23NO2/c1-3-4-6-12(2)16-14-8-5-7-13(11-14)9-10-15(17)18/h5,7-8,11-12,16H,3-4,6,9-10H2,1-2H3,(H,17,18). The topological polar surface area (TPSA) is 49.3 Å². The maximum absolute atomic E-state index is 10.5. The number of rotatable bonds is 8. The minimum absolute atomic E-state index is 0.189. The summed E-state index contributed by atoms with van der Waals surface area (Å²) in [7, 11) is 0. The number of hydrogen-bond acceptors (Lipinski definition) is 2. The van der Waals surface area contributed by atoms with Crippen LogP contribution in [0.15, 0.2) is 24.3 Å². The number of nitrogens with one attached hydrogen (secondary N) is 1. The Labute approximate surface area is 109 Å². The third kappa shape index (κ3) is 5.71. The molecule has 0 aliphatic rings. The zero-order valence-electron chi connectivity index (χ0n) is 11.3. The number of unbranched alkanes of at least 4 members (excludes halogenated alkanes) is 1. The van der Waals surface area contributed by atoms with Gasteiger partial charge in [0.05, 0.1) is 0 Å². The third-order valence-corrected chi connectivity index (χ3v) is 2.96. The Kier molecular flexibility index (Phi) is 6.26. The number of benzene rings is 1. The number of carbonyl (C=O) groups is 1. The zero-order valence-corrected chi connectivity index (χ0v) is 11.3. The molecule has 1 aromatic carbocycles. The average Bonchev–Trinajstić information content (AvgIpc) is 2.34. The van der Waals surface area contributed by atoms with Gasteiger partial charge in [-0.3, -0.25) is 4.79 Å². The Morgan fingerprint density at radius 3 is 2.89 bits per heavy atom. The molecule has 1 rings (SSSR count). The summed E-state index contributed by atoms with van der Waals surface area (Å²) in [5.41, 5.74) is 2.16. The molecule has 100 valence electrons. The van der Waals surface area contributed by atoms with Gasteiger partial charge in [0.25, 0.3) is 0 Å². The van der Waals surface area contributed by atoms with E-state index in [0.29, 0.717) is 12.5 Å². The van der Waals surface area contributed by atoms with Crippen molar-refractivity contribution in [1.82, 2.24) is 0 Å². The van der Waals surface area contributed by atoms with E-state index in [-0.39, 0.29) is 6.42 Å². The largest absolute Gasteiger partial charge is 0.481 e. The van der Waals surface area contributed by atoms with Crippen LogP contribution in [0, 0.1) is 0 Å². The molecule has 0 saturated carbocycles. The van der Waals surface area contributed by atoms with E-state index in [2.05, 4.69) is 19.2 Å². The molecule has 0 aromatic heterocycles. The van der Waals surface area contributed by atoms with Crippen LogP contribution in [0.5, 0.6) is 0 Å². The fraction of sp³-hybridized carbons (Fsp3) is 0.533. The molecule has 2 N–H and O–H groups in total. The summed E-state index contributed by atoms with van der Waals surface area (Å²) in [4.78, 5) is 10.5. The molecule has 0 heterocycles. The second kappa shape index (κ2) is 7.75. The van der Waals surface area contributed by atoms with Crippen LogP contribution in [0.2, 0.25) is 0 Å². The second-order valence-corrected chi connectivity index (χ2v) is 4.78. The molecule has 18 heavy (non-hydrogen) atoms. The molecule has 0 aliphatic carbocycles. The molecule has 1 aromatic rings. The molecule has 3 nitrogen and oxygen atoms in total. The summed E-state index contributed by atoms with van der Waals surface area (Å²) in [6.45, 7) is 4.37. The number of carboxylic acids is 1. The summed E-state index contributed by atoms with van der Waals surface area (Å²) < 4.78 is 0. The Balaban J connectivity index is 2.50. The van der Waals surface area contributed by atoms with Gasteiger partial charge in [-0.25, -0.2) is 0 Å². The molecular weight excluding hydrogens is 226 g/mol. The van der Waals surface area contributed by atoms with Gasteiger partial charge in [0, 0.05) is 18.2 Å². The first-order valence-corrected chi connectivity index (χ1v) is 6.69. The Morgan fingerprint density at radius 2 is 2.22 bits per heavy atom. The van der Waals surface area contributed by atoms with Gasteiger partial charge in [0.15, 0.2) is 0 Å². The van der Waals surface area contributed by atoms with Gasteiger partial charge >= 0.3 is 5.97 Å². The van der Waals surface area contributed by atoms with Gasteiger partial charge < -0.3 is 10.4 Å². The van der Waals surface area contributed by atoms with Crippen LogP contribution in [-0.2, 0) is 11.2 Å². The number of aliphatic carboxylic acids is 1. The molecule has 0 saturated heterocycles. The van der Waals surface area contributed by atoms with E-state index in [9.17, 15) is 4.79 Å². The van der Waals surface area contributed by atoms with Crippen molar-refractivity contribution in [3.05, 3.63) is 29.8 Å². The summed E-state index contributed by atoms with van der Waals surface area (Å²) in [6.07, 6.45) is 4.39. The monoisotopic (exact) mass is 249 g/mol. The molecule has 0 spiro atoms. The third-order valence-electron chi connectivity index (χ3n) is 2.96. The average molecular weight is 249 g/mol. The lowest BCUT2D eigenvalue weighted by Crippen LogP contribution is -2.14. The Hall–Kier alpha value is -1.51. The molecule has 1 atom stereocenters. The molecular formula is C15H23NO2. The molecule has 0 bridgehead atoms. The zero-order chi connectivity index (χ0) is 13.4. The van der Waals surface area contributed by atoms with Crippen LogP contribution in [0.25, 0.3) is 0 Å². The van der Waals surface area contributed by atoms with Gasteiger partial charge in [-0.2, -0.15) is 0 Å². The Morgan fingerprint density at radius 1 is 1.44 bits per heavy atom. The maximum Gasteiger partial charge on any atom is 0.303 e. The lowest BCUT2D eigenvalue weighted by molar-refractivity contribution is -0.136. The normalized spacial score (nSPS) is 12.1. The minimum Gasteiger partial charge on any atom is -0.481 e. The molecule has 3 heteroatoms. The predicted octanol–water partition coefficient (Wildman–Crippen LogP) is 3.69. The fourth-order valence-electron chi connectivity index (χ4n) is 1.93. The van der Waals surface area contributed by atoms with Gasteiger partial charge in [0.2, 0.25) is 0 Å². The van der Waals surface area contributed by atoms with E-state index >= 15 is 0 Å². The minimum atomic E-state index is -0.746. The number of anilines is 1. The van der Waals surface area contributed by atoms with Gasteiger partial charge in [-0.05, 0) is 37.5 Å². The van der Waals surface area contributed by atoms with Crippen molar-refractivity contribution in [2.24, 2.45) is 0 Å². The van der Waals surface area contributed by atoms with Crippen LogP contribution < -0.4 is 5.32 Å². The number of hydrogen-bond donors (Lipinski definition) is 2. The quantitative estimate of drug-likeness (QED) is 0.738. The van der Waals surface area contributed by atoms with Crippen LogP contribution in [0.3, 0.4) is 0 Å². The molecule has 0 aliphatic heterocycles. The van der Waals surface area contributed by atoms with Crippen molar-refractivity contribution in [3.8, 4) is 0 Å². The van der Waals surface area contributed by atoms with E-state index in [0.717, 1.165) is 17.7 Å². The van der Waals surface area contributed by atoms with E-state index in [1.54, 1.807) is 0 Å². The highest BCUT2D eigenvalue weighted by Gasteiger charge is 2.03. The first kappa shape index (κ1) is 14.6. The van der Waals surface area contributed by atoms with Crippen molar-refractivity contribution in [1.29, 1.82) is 0 Å². The lowest BCUT2D eigenvalue weighted by atomic mass is 10.1. The van der Waals surface area contributed by atoms with Crippen LogP contribution in [-0.4, -0.2) is 17.1 Å². The summed E-state index contributed by atoms with van der Waals surface area (Å²) in [6, 6.07) is 8.49. The summed E-state index contributed by atoms with van der Waals surface area (Å²) in [5, 5.41) is 12.1. The van der Waals surface area contributed by atoms with E-state index < -0.39 is 5.97 Å². The molecule has 0 fully saturated rings. The van der Waals surface area contributed by atoms with Crippen molar-refractivity contribution in [2.45, 2.75) is 52.0 Å². The first-order valence-electron chi connectivity index (χ1n) is 6.69. The molecule has 0 radical (unpaired) electrons. The van der Waals surface area contributed by atoms with Crippen LogP contribution in [0.4, 0.5) is 5.69 Å². The molecule has 0 amide bonds. The second-order valence-electron chi connectivity index (χ2n) is 4.78. The lowest BCUT2D eigenvalue weighted by Gasteiger charge is -2.15. The fourth-order valence-corrected chi connectivity index (χ4v) is 1.93. The van der Waals surface area contributed by atoms with Crippen LogP contribution in [0.1, 0.15) is 45.1 Å².